The van der Waals surface area contributed by atoms with Gasteiger partial charge in [0.05, 0.1) is 46.0 Å². The number of rotatable bonds is 10. The van der Waals surface area contributed by atoms with Gasteiger partial charge >= 0.3 is 5.97 Å². The third-order valence-electron chi connectivity index (χ3n) is 9.25. The first-order valence-corrected chi connectivity index (χ1v) is 15.0. The summed E-state index contributed by atoms with van der Waals surface area (Å²) < 4.78 is 46.2. The fourth-order valence-electron chi connectivity index (χ4n) is 7.11. The minimum atomic E-state index is -2.25. The minimum absolute atomic E-state index is 0.0474. The molecular formula is C34H38O13. The molecule has 1 aliphatic carbocycles. The number of carbonyl (C=O) groups excluding carboxylic acids is 1. The molecule has 13 nitrogen and oxygen atoms in total. The highest BCUT2D eigenvalue weighted by atomic mass is 16.8. The van der Waals surface area contributed by atoms with E-state index in [4.69, 9.17) is 37.9 Å². The maximum absolute atomic E-state index is 13.5. The van der Waals surface area contributed by atoms with Gasteiger partial charge in [0, 0.05) is 25.2 Å². The Labute approximate surface area is 271 Å². The Morgan fingerprint density at radius 1 is 0.979 bits per heavy atom. The maximum atomic E-state index is 13.5. The van der Waals surface area contributed by atoms with E-state index in [-0.39, 0.29) is 29.4 Å². The summed E-state index contributed by atoms with van der Waals surface area (Å²) in [6.07, 6.45) is -6.03. The molecule has 6 rings (SSSR count). The quantitative estimate of drug-likeness (QED) is 0.233. The molecule has 0 bridgehead atoms. The van der Waals surface area contributed by atoms with Gasteiger partial charge < -0.3 is 58.3 Å². The summed E-state index contributed by atoms with van der Waals surface area (Å²) >= 11 is 0. The first-order valence-electron chi connectivity index (χ1n) is 15.0. The van der Waals surface area contributed by atoms with E-state index in [1.165, 1.54) is 40.6 Å². The van der Waals surface area contributed by atoms with Crippen molar-refractivity contribution in [3.63, 3.8) is 0 Å². The second kappa shape index (κ2) is 12.9. The van der Waals surface area contributed by atoms with Crippen molar-refractivity contribution in [2.24, 2.45) is 5.92 Å². The predicted octanol–water partition coefficient (Wildman–Crippen LogP) is 1.57. The van der Waals surface area contributed by atoms with Gasteiger partial charge in [0.25, 0.3) is 6.29 Å². The summed E-state index contributed by atoms with van der Waals surface area (Å²) in [5, 5.41) is 44.7. The van der Waals surface area contributed by atoms with Crippen LogP contribution in [0.5, 0.6) is 23.0 Å². The largest absolute Gasteiger partial charge is 0.497 e. The molecule has 2 fully saturated rings. The van der Waals surface area contributed by atoms with Crippen LogP contribution < -0.4 is 18.9 Å². The highest BCUT2D eigenvalue weighted by Crippen LogP contribution is 2.70. The number of aliphatic hydroxyl groups is 4. The molecule has 0 aromatic heterocycles. The maximum Gasteiger partial charge on any atom is 0.312 e. The van der Waals surface area contributed by atoms with Gasteiger partial charge in [-0.2, -0.15) is 0 Å². The van der Waals surface area contributed by atoms with Crippen LogP contribution in [0, 0.1) is 5.92 Å². The molecule has 252 valence electrons. The summed E-state index contributed by atoms with van der Waals surface area (Å²) in [6.45, 7) is -0.601. The van der Waals surface area contributed by atoms with Crippen LogP contribution in [0.2, 0.25) is 0 Å². The lowest BCUT2D eigenvalue weighted by Crippen LogP contribution is -2.52. The van der Waals surface area contributed by atoms with Crippen LogP contribution in [0.3, 0.4) is 0 Å². The summed E-state index contributed by atoms with van der Waals surface area (Å²) in [7, 11) is 5.54. The molecule has 1 saturated heterocycles. The minimum Gasteiger partial charge on any atom is -0.497 e. The van der Waals surface area contributed by atoms with Crippen molar-refractivity contribution in [1.82, 2.24) is 0 Å². The van der Waals surface area contributed by atoms with Crippen molar-refractivity contribution in [3.8, 4) is 23.0 Å². The SMILES string of the molecule is COC(=O)[C@H]1[C@@H](O)[C@@]2(O)c3c(OC)cc(O[C@@H]4O[C@@H]([C@@H](O)CO)CO[C@H]4OC)cc3O[C@@]2(c2ccc(OC)cc2)[C@@H]1c1ccccc1. The molecule has 47 heavy (non-hydrogen) atoms. The molecule has 3 aromatic carbocycles. The lowest BCUT2D eigenvalue weighted by atomic mass is 9.70. The second-order valence-corrected chi connectivity index (χ2v) is 11.6. The smallest absolute Gasteiger partial charge is 0.312 e. The predicted molar refractivity (Wildman–Crippen MR) is 162 cm³/mol. The molecule has 2 heterocycles. The second-order valence-electron chi connectivity index (χ2n) is 11.6. The number of hydrogen-bond donors (Lipinski definition) is 4. The van der Waals surface area contributed by atoms with Crippen molar-refractivity contribution < 1.29 is 63.1 Å². The number of hydrogen-bond acceptors (Lipinski definition) is 13. The Hall–Kier alpha value is -3.95. The Balaban J connectivity index is 1.52. The highest BCUT2D eigenvalue weighted by molar-refractivity contribution is 5.78. The molecule has 0 amide bonds. The summed E-state index contributed by atoms with van der Waals surface area (Å²) in [5.41, 5.74) is -2.88. The van der Waals surface area contributed by atoms with E-state index in [0.717, 1.165) is 0 Å². The molecule has 0 spiro atoms. The molecule has 1 saturated carbocycles. The molecule has 0 unspecified atom stereocenters. The molecule has 4 N–H and O–H groups in total. The number of carbonyl (C=O) groups is 1. The zero-order chi connectivity index (χ0) is 33.5. The fourth-order valence-corrected chi connectivity index (χ4v) is 7.11. The molecule has 9 atom stereocenters. The zero-order valence-corrected chi connectivity index (χ0v) is 26.3. The summed E-state index contributed by atoms with van der Waals surface area (Å²) in [6, 6.07) is 18.8. The van der Waals surface area contributed by atoms with E-state index in [9.17, 15) is 25.2 Å². The normalized spacial score (nSPS) is 31.7. The molecule has 2 aliphatic heterocycles. The van der Waals surface area contributed by atoms with Gasteiger partial charge in [-0.25, -0.2) is 0 Å². The van der Waals surface area contributed by atoms with Gasteiger partial charge in [-0.1, -0.05) is 42.5 Å². The van der Waals surface area contributed by atoms with Crippen molar-refractivity contribution in [3.05, 3.63) is 83.4 Å². The number of aliphatic hydroxyl groups excluding tert-OH is 3. The topological polar surface area (TPSA) is 172 Å². The van der Waals surface area contributed by atoms with Gasteiger partial charge in [0.1, 0.15) is 41.3 Å². The Kier molecular flexibility index (Phi) is 9.06. The van der Waals surface area contributed by atoms with Crippen LogP contribution in [0.4, 0.5) is 0 Å². The van der Waals surface area contributed by atoms with Crippen LogP contribution in [-0.2, 0) is 34.9 Å². The monoisotopic (exact) mass is 654 g/mol. The molecule has 3 aliphatic rings. The average molecular weight is 655 g/mol. The number of benzene rings is 3. The van der Waals surface area contributed by atoms with Crippen molar-refractivity contribution in [2.45, 2.75) is 48.0 Å². The average Bonchev–Trinajstić information content (AvgIpc) is 3.49. The van der Waals surface area contributed by atoms with Gasteiger partial charge in [0.15, 0.2) is 11.2 Å². The van der Waals surface area contributed by atoms with Gasteiger partial charge in [0.2, 0.25) is 6.29 Å². The van der Waals surface area contributed by atoms with Crippen LogP contribution in [-0.4, -0.2) is 98.9 Å². The van der Waals surface area contributed by atoms with Crippen LogP contribution in [0.1, 0.15) is 22.6 Å². The molecular weight excluding hydrogens is 616 g/mol. The van der Waals surface area contributed by atoms with Crippen LogP contribution >= 0.6 is 0 Å². The molecule has 0 radical (unpaired) electrons. The van der Waals surface area contributed by atoms with E-state index < -0.39 is 66.5 Å². The van der Waals surface area contributed by atoms with Gasteiger partial charge in [-0.15, -0.1) is 0 Å². The van der Waals surface area contributed by atoms with E-state index in [2.05, 4.69) is 0 Å². The van der Waals surface area contributed by atoms with Crippen molar-refractivity contribution in [1.29, 1.82) is 0 Å². The summed E-state index contributed by atoms with van der Waals surface area (Å²) in [4.78, 5) is 13.5. The number of fused-ring (bicyclic) bond motifs is 3. The standard InChI is InChI=1S/C34H38O13/c1-40-20-12-10-19(11-13-20)34-27(18-8-6-5-7-9-18)26(30(38)42-3)29(37)33(34,39)28-23(41-2)14-21(15-24(28)47-34)45-32-31(43-4)44-17-25(46-32)22(36)16-35/h5-15,22,25-27,29,31-32,35-37,39H,16-17H2,1-4H3/t22-,25+,26+,27+,29+,31+,32+,33-,34-/m0/s1. The number of esters is 1. The molecule has 13 heteroatoms. The van der Waals surface area contributed by atoms with E-state index in [1.54, 1.807) is 48.5 Å². The Morgan fingerprint density at radius 3 is 2.32 bits per heavy atom. The Bertz CT molecular complexity index is 1570. The third-order valence-corrected chi connectivity index (χ3v) is 9.25. The lowest BCUT2D eigenvalue weighted by Gasteiger charge is -2.40. The van der Waals surface area contributed by atoms with Crippen molar-refractivity contribution >= 4 is 5.97 Å². The van der Waals surface area contributed by atoms with E-state index in [0.29, 0.717) is 16.9 Å². The van der Waals surface area contributed by atoms with Crippen molar-refractivity contribution in [2.75, 3.05) is 41.7 Å². The number of methoxy groups -OCH3 is 4. The van der Waals surface area contributed by atoms with Crippen LogP contribution in [0.15, 0.2) is 66.7 Å². The van der Waals surface area contributed by atoms with Gasteiger partial charge in [-0.05, 0) is 23.3 Å². The van der Waals surface area contributed by atoms with Gasteiger partial charge in [-0.3, -0.25) is 4.79 Å². The first kappa shape index (κ1) is 33.0. The fraction of sp³-hybridized carbons (Fsp3) is 0.441. The van der Waals surface area contributed by atoms with E-state index >= 15 is 0 Å². The first-order chi connectivity index (χ1) is 22.7. The lowest BCUT2D eigenvalue weighted by molar-refractivity contribution is -0.324. The third kappa shape index (κ3) is 5.10. The Morgan fingerprint density at radius 2 is 1.70 bits per heavy atom. The number of ether oxygens (including phenoxy) is 8. The molecule has 3 aromatic rings. The van der Waals surface area contributed by atoms with E-state index in [1.807, 2.05) is 6.07 Å². The zero-order valence-electron chi connectivity index (χ0n) is 26.3. The highest BCUT2D eigenvalue weighted by Gasteiger charge is 2.78. The van der Waals surface area contributed by atoms with Crippen LogP contribution in [0.25, 0.3) is 0 Å². The summed E-state index contributed by atoms with van der Waals surface area (Å²) in [5.74, 6) is -2.05.